The Morgan fingerprint density at radius 3 is 2.54 bits per heavy atom. The first-order chi connectivity index (χ1) is 12.7. The van der Waals surface area contributed by atoms with Crippen LogP contribution in [0.25, 0.3) is 10.8 Å². The first-order valence-corrected chi connectivity index (χ1v) is 8.55. The maximum atomic E-state index is 5.29. The van der Waals surface area contributed by atoms with Gasteiger partial charge in [0.2, 0.25) is 5.95 Å². The lowest BCUT2D eigenvalue weighted by Crippen LogP contribution is -1.99. The van der Waals surface area contributed by atoms with Crippen LogP contribution in [0.1, 0.15) is 24.2 Å². The molecule has 1 aromatic heterocycles. The molecule has 5 heteroatoms. The molecule has 0 aliphatic heterocycles. The first kappa shape index (κ1) is 16.1. The van der Waals surface area contributed by atoms with Crippen LogP contribution in [0.3, 0.4) is 0 Å². The SMILES string of the molecule is COc1ccc2cc(C(C)c3nc(Nc4ccccc4)n[nH]3)ccc2c1. The number of methoxy groups -OCH3 is 1. The fraction of sp³-hybridized carbons (Fsp3) is 0.143. The van der Waals surface area contributed by atoms with Crippen LogP contribution >= 0.6 is 0 Å². The third-order valence-corrected chi connectivity index (χ3v) is 4.51. The van der Waals surface area contributed by atoms with Crippen molar-refractivity contribution in [1.82, 2.24) is 15.2 Å². The highest BCUT2D eigenvalue weighted by Gasteiger charge is 2.14. The summed E-state index contributed by atoms with van der Waals surface area (Å²) < 4.78 is 5.29. The van der Waals surface area contributed by atoms with E-state index in [1.807, 2.05) is 42.5 Å². The van der Waals surface area contributed by atoms with Crippen molar-refractivity contribution in [3.8, 4) is 5.75 Å². The highest BCUT2D eigenvalue weighted by atomic mass is 16.5. The molecular weight excluding hydrogens is 324 g/mol. The molecule has 0 radical (unpaired) electrons. The molecule has 2 N–H and O–H groups in total. The Balaban J connectivity index is 1.57. The number of H-pyrrole nitrogens is 1. The minimum atomic E-state index is 0.111. The van der Waals surface area contributed by atoms with Crippen LogP contribution in [0.2, 0.25) is 0 Å². The van der Waals surface area contributed by atoms with Gasteiger partial charge < -0.3 is 10.1 Å². The van der Waals surface area contributed by atoms with Gasteiger partial charge in [-0.3, -0.25) is 5.10 Å². The number of hydrogen-bond acceptors (Lipinski definition) is 4. The van der Waals surface area contributed by atoms with Crippen LogP contribution < -0.4 is 10.1 Å². The van der Waals surface area contributed by atoms with E-state index in [2.05, 4.69) is 51.7 Å². The van der Waals surface area contributed by atoms with Crippen LogP contribution in [0.4, 0.5) is 11.6 Å². The molecule has 4 aromatic rings. The van der Waals surface area contributed by atoms with E-state index in [0.29, 0.717) is 5.95 Å². The summed E-state index contributed by atoms with van der Waals surface area (Å²) >= 11 is 0. The van der Waals surface area contributed by atoms with Crippen LogP contribution in [0, 0.1) is 0 Å². The zero-order valence-corrected chi connectivity index (χ0v) is 14.7. The van der Waals surface area contributed by atoms with E-state index in [4.69, 9.17) is 4.74 Å². The second kappa shape index (κ2) is 6.88. The summed E-state index contributed by atoms with van der Waals surface area (Å²) in [4.78, 5) is 4.59. The minimum Gasteiger partial charge on any atom is -0.497 e. The Morgan fingerprint density at radius 1 is 0.962 bits per heavy atom. The van der Waals surface area contributed by atoms with Crippen LogP contribution in [0.15, 0.2) is 66.7 Å². The number of hydrogen-bond donors (Lipinski definition) is 2. The largest absolute Gasteiger partial charge is 0.497 e. The van der Waals surface area contributed by atoms with E-state index in [-0.39, 0.29) is 5.92 Å². The number of aromatic amines is 1. The van der Waals surface area contributed by atoms with Gasteiger partial charge in [0.15, 0.2) is 0 Å². The summed E-state index contributed by atoms with van der Waals surface area (Å²) in [6.07, 6.45) is 0. The lowest BCUT2D eigenvalue weighted by molar-refractivity contribution is 0.415. The molecule has 0 aliphatic rings. The Morgan fingerprint density at radius 2 is 1.73 bits per heavy atom. The summed E-state index contributed by atoms with van der Waals surface area (Å²) in [5.74, 6) is 2.38. The summed E-state index contributed by atoms with van der Waals surface area (Å²) in [5, 5.41) is 12.9. The average Bonchev–Trinajstić information content (AvgIpc) is 3.15. The Hall–Kier alpha value is -3.34. The molecule has 3 aromatic carbocycles. The molecule has 4 rings (SSSR count). The highest BCUT2D eigenvalue weighted by Crippen LogP contribution is 2.28. The molecule has 130 valence electrons. The fourth-order valence-electron chi connectivity index (χ4n) is 2.97. The molecule has 0 fully saturated rings. The van der Waals surface area contributed by atoms with Gasteiger partial charge in [-0.15, -0.1) is 5.10 Å². The van der Waals surface area contributed by atoms with Gasteiger partial charge >= 0.3 is 0 Å². The predicted molar refractivity (Wildman–Crippen MR) is 104 cm³/mol. The highest BCUT2D eigenvalue weighted by molar-refractivity contribution is 5.84. The number of fused-ring (bicyclic) bond motifs is 1. The Labute approximate surface area is 152 Å². The second-order valence-corrected chi connectivity index (χ2v) is 6.23. The Kier molecular flexibility index (Phi) is 4.27. The summed E-state index contributed by atoms with van der Waals surface area (Å²) in [5.41, 5.74) is 2.15. The molecule has 0 spiro atoms. The third-order valence-electron chi connectivity index (χ3n) is 4.51. The monoisotopic (exact) mass is 344 g/mol. The fourth-order valence-corrected chi connectivity index (χ4v) is 2.97. The number of benzene rings is 3. The van der Waals surface area contributed by atoms with Crippen molar-refractivity contribution in [2.75, 3.05) is 12.4 Å². The zero-order chi connectivity index (χ0) is 17.9. The van der Waals surface area contributed by atoms with E-state index in [1.54, 1.807) is 7.11 Å². The molecule has 1 unspecified atom stereocenters. The standard InChI is InChI=1S/C21H20N4O/c1-14(15-8-9-17-13-19(26-2)11-10-16(17)12-15)20-23-21(25-24-20)22-18-6-4-3-5-7-18/h3-14H,1-2H3,(H2,22,23,24,25). The topological polar surface area (TPSA) is 62.8 Å². The van der Waals surface area contributed by atoms with E-state index in [9.17, 15) is 0 Å². The molecule has 0 saturated carbocycles. The van der Waals surface area contributed by atoms with E-state index in [0.717, 1.165) is 22.6 Å². The van der Waals surface area contributed by atoms with Crippen molar-refractivity contribution in [2.24, 2.45) is 0 Å². The zero-order valence-electron chi connectivity index (χ0n) is 14.7. The maximum Gasteiger partial charge on any atom is 0.246 e. The second-order valence-electron chi connectivity index (χ2n) is 6.23. The summed E-state index contributed by atoms with van der Waals surface area (Å²) in [6, 6.07) is 22.4. The molecule has 26 heavy (non-hydrogen) atoms. The molecule has 1 atom stereocenters. The summed E-state index contributed by atoms with van der Waals surface area (Å²) in [6.45, 7) is 2.12. The lowest BCUT2D eigenvalue weighted by Gasteiger charge is -2.10. The predicted octanol–water partition coefficient (Wildman–Crippen LogP) is 4.86. The van der Waals surface area contributed by atoms with Crippen LogP contribution in [0.5, 0.6) is 5.75 Å². The van der Waals surface area contributed by atoms with E-state index < -0.39 is 0 Å². The number of rotatable bonds is 5. The van der Waals surface area contributed by atoms with Gasteiger partial charge in [-0.05, 0) is 40.6 Å². The molecule has 0 amide bonds. The number of aromatic nitrogens is 3. The molecule has 0 aliphatic carbocycles. The average molecular weight is 344 g/mol. The van der Waals surface area contributed by atoms with E-state index in [1.165, 1.54) is 10.9 Å². The first-order valence-electron chi connectivity index (χ1n) is 8.55. The van der Waals surface area contributed by atoms with Crippen molar-refractivity contribution in [3.63, 3.8) is 0 Å². The smallest absolute Gasteiger partial charge is 0.246 e. The van der Waals surface area contributed by atoms with Gasteiger partial charge in [-0.2, -0.15) is 4.98 Å². The van der Waals surface area contributed by atoms with Crippen molar-refractivity contribution >= 4 is 22.4 Å². The quantitative estimate of drug-likeness (QED) is 0.542. The van der Waals surface area contributed by atoms with Crippen molar-refractivity contribution in [1.29, 1.82) is 0 Å². The number of nitrogens with one attached hydrogen (secondary N) is 2. The van der Waals surface area contributed by atoms with Crippen LogP contribution in [-0.2, 0) is 0 Å². The maximum absolute atomic E-state index is 5.29. The molecule has 0 saturated heterocycles. The number of nitrogens with zero attached hydrogens (tertiary/aromatic N) is 2. The molecular formula is C21H20N4O. The van der Waals surface area contributed by atoms with Gasteiger partial charge in [0.25, 0.3) is 0 Å². The van der Waals surface area contributed by atoms with Gasteiger partial charge in [0, 0.05) is 11.6 Å². The lowest BCUT2D eigenvalue weighted by atomic mass is 9.97. The number of ether oxygens (including phenoxy) is 1. The van der Waals surface area contributed by atoms with Gasteiger partial charge in [-0.1, -0.05) is 49.4 Å². The van der Waals surface area contributed by atoms with Gasteiger partial charge in [-0.25, -0.2) is 0 Å². The minimum absolute atomic E-state index is 0.111. The van der Waals surface area contributed by atoms with Crippen molar-refractivity contribution in [2.45, 2.75) is 12.8 Å². The van der Waals surface area contributed by atoms with Crippen molar-refractivity contribution in [3.05, 3.63) is 78.1 Å². The molecule has 1 heterocycles. The molecule has 0 bridgehead atoms. The number of para-hydroxylation sites is 1. The normalized spacial score (nSPS) is 12.1. The van der Waals surface area contributed by atoms with Gasteiger partial charge in [0.05, 0.1) is 7.11 Å². The summed E-state index contributed by atoms with van der Waals surface area (Å²) in [7, 11) is 1.68. The number of anilines is 2. The molecule has 5 nitrogen and oxygen atoms in total. The third kappa shape index (κ3) is 3.24. The Bertz CT molecular complexity index is 1030. The van der Waals surface area contributed by atoms with Gasteiger partial charge in [0.1, 0.15) is 11.6 Å². The van der Waals surface area contributed by atoms with E-state index >= 15 is 0 Å². The van der Waals surface area contributed by atoms with Crippen LogP contribution in [-0.4, -0.2) is 22.3 Å². The van der Waals surface area contributed by atoms with Crippen molar-refractivity contribution < 1.29 is 4.74 Å².